The molecule has 1 aromatic rings. The fourth-order valence-corrected chi connectivity index (χ4v) is 1.91. The molecule has 1 rings (SSSR count). The van der Waals surface area contributed by atoms with Gasteiger partial charge in [0.25, 0.3) is 0 Å². The maximum Gasteiger partial charge on any atom is 0.0363 e. The highest BCUT2D eigenvalue weighted by Gasteiger charge is 2.26. The van der Waals surface area contributed by atoms with Crippen molar-refractivity contribution >= 4 is 5.69 Å². The van der Waals surface area contributed by atoms with Crippen molar-refractivity contribution in [2.45, 2.75) is 26.8 Å². The van der Waals surface area contributed by atoms with E-state index >= 15 is 0 Å². The highest BCUT2D eigenvalue weighted by atomic mass is 15.1. The van der Waals surface area contributed by atoms with E-state index in [0.29, 0.717) is 6.04 Å². The van der Waals surface area contributed by atoms with Crippen molar-refractivity contribution in [3.8, 4) is 0 Å². The average molecular weight is 220 g/mol. The monoisotopic (exact) mass is 220 g/mol. The Morgan fingerprint density at radius 3 is 2.31 bits per heavy atom. The normalized spacial score (nSPS) is 13.6. The minimum Gasteiger partial charge on any atom is -0.374 e. The molecule has 0 aliphatic rings. The van der Waals surface area contributed by atoms with E-state index in [-0.39, 0.29) is 5.41 Å². The van der Waals surface area contributed by atoms with Gasteiger partial charge in [0.05, 0.1) is 0 Å². The van der Waals surface area contributed by atoms with Crippen molar-refractivity contribution in [1.82, 2.24) is 5.32 Å². The summed E-state index contributed by atoms with van der Waals surface area (Å²) in [7, 11) is 4.17. The first kappa shape index (κ1) is 13.0. The minimum atomic E-state index is 0.249. The molecule has 0 spiro atoms. The maximum absolute atomic E-state index is 3.34. The van der Waals surface area contributed by atoms with Gasteiger partial charge in [-0.1, -0.05) is 32.0 Å². The molecule has 0 amide bonds. The molecule has 1 aromatic carbocycles. The topological polar surface area (TPSA) is 15.3 Å². The molecular formula is C14H24N2. The van der Waals surface area contributed by atoms with Crippen LogP contribution in [-0.2, 0) is 0 Å². The molecule has 1 unspecified atom stereocenters. The van der Waals surface area contributed by atoms with Crippen LogP contribution in [0.4, 0.5) is 5.69 Å². The fraction of sp³-hybridized carbons (Fsp3) is 0.571. The molecule has 16 heavy (non-hydrogen) atoms. The molecule has 0 saturated heterocycles. The average Bonchev–Trinajstić information content (AvgIpc) is 2.28. The van der Waals surface area contributed by atoms with Gasteiger partial charge < -0.3 is 10.2 Å². The summed E-state index contributed by atoms with van der Waals surface area (Å²) in [4.78, 5) is 2.31. The Bertz CT molecular complexity index is 306. The number of rotatable bonds is 5. The molecule has 0 fully saturated rings. The quantitative estimate of drug-likeness (QED) is 0.821. The highest BCUT2D eigenvalue weighted by Crippen LogP contribution is 2.24. The second-order valence-electron chi connectivity index (χ2n) is 5.19. The van der Waals surface area contributed by atoms with E-state index in [1.165, 1.54) is 5.69 Å². The van der Waals surface area contributed by atoms with Gasteiger partial charge >= 0.3 is 0 Å². The van der Waals surface area contributed by atoms with E-state index in [4.69, 9.17) is 0 Å². The first-order valence-corrected chi connectivity index (χ1v) is 5.91. The van der Waals surface area contributed by atoms with E-state index in [9.17, 15) is 0 Å². The molecule has 1 N–H and O–H groups in total. The summed E-state index contributed by atoms with van der Waals surface area (Å²) in [5.74, 6) is 0. The number of hydrogen-bond acceptors (Lipinski definition) is 2. The van der Waals surface area contributed by atoms with Crippen molar-refractivity contribution in [2.75, 3.05) is 25.5 Å². The molecule has 0 radical (unpaired) electrons. The van der Waals surface area contributed by atoms with Crippen LogP contribution < -0.4 is 10.2 Å². The summed E-state index contributed by atoms with van der Waals surface area (Å²) in [6.07, 6.45) is 0. The predicted molar refractivity (Wildman–Crippen MR) is 72.0 cm³/mol. The summed E-state index contributed by atoms with van der Waals surface area (Å²) in [5, 5.41) is 3.34. The Morgan fingerprint density at radius 2 is 1.81 bits per heavy atom. The summed E-state index contributed by atoms with van der Waals surface area (Å²) in [6.45, 7) is 7.87. The van der Waals surface area contributed by atoms with Gasteiger partial charge in [0.15, 0.2) is 0 Å². The van der Waals surface area contributed by atoms with Crippen LogP contribution in [0.1, 0.15) is 20.8 Å². The van der Waals surface area contributed by atoms with Crippen molar-refractivity contribution in [3.63, 3.8) is 0 Å². The molecule has 90 valence electrons. The Kier molecular flexibility index (Phi) is 4.36. The fourth-order valence-electron chi connectivity index (χ4n) is 1.91. The minimum absolute atomic E-state index is 0.249. The third kappa shape index (κ3) is 3.24. The second kappa shape index (κ2) is 5.35. The Labute approximate surface area is 99.7 Å². The number of anilines is 1. The molecule has 0 aliphatic heterocycles. The first-order chi connectivity index (χ1) is 7.47. The molecule has 2 heteroatoms. The summed E-state index contributed by atoms with van der Waals surface area (Å²) < 4.78 is 0. The van der Waals surface area contributed by atoms with Crippen LogP contribution in [-0.4, -0.2) is 26.7 Å². The number of benzene rings is 1. The van der Waals surface area contributed by atoms with E-state index in [1.54, 1.807) is 0 Å². The zero-order chi connectivity index (χ0) is 12.2. The van der Waals surface area contributed by atoms with Crippen LogP contribution in [0.2, 0.25) is 0 Å². The summed E-state index contributed by atoms with van der Waals surface area (Å²) in [6, 6.07) is 11.0. The Hall–Kier alpha value is -1.02. The van der Waals surface area contributed by atoms with E-state index in [2.05, 4.69) is 68.4 Å². The third-order valence-electron chi connectivity index (χ3n) is 3.45. The number of hydrogen-bond donors (Lipinski definition) is 1. The lowest BCUT2D eigenvalue weighted by Crippen LogP contribution is -2.44. The lowest BCUT2D eigenvalue weighted by atomic mass is 9.85. The molecule has 2 nitrogen and oxygen atoms in total. The van der Waals surface area contributed by atoms with Gasteiger partial charge in [-0.2, -0.15) is 0 Å². The lowest BCUT2D eigenvalue weighted by molar-refractivity contribution is 0.275. The van der Waals surface area contributed by atoms with Gasteiger partial charge in [0, 0.05) is 25.3 Å². The van der Waals surface area contributed by atoms with Gasteiger partial charge in [0.2, 0.25) is 0 Å². The van der Waals surface area contributed by atoms with Gasteiger partial charge in [-0.15, -0.1) is 0 Å². The second-order valence-corrected chi connectivity index (χ2v) is 5.19. The smallest absolute Gasteiger partial charge is 0.0363 e. The third-order valence-corrected chi connectivity index (χ3v) is 3.45. The molecule has 0 aliphatic carbocycles. The van der Waals surface area contributed by atoms with Crippen LogP contribution in [0.3, 0.4) is 0 Å². The van der Waals surface area contributed by atoms with E-state index in [0.717, 1.165) is 6.54 Å². The maximum atomic E-state index is 3.34. The van der Waals surface area contributed by atoms with E-state index in [1.807, 2.05) is 7.05 Å². The SMILES string of the molecule is CNC(C)C(C)(C)CN(C)c1ccccc1. The summed E-state index contributed by atoms with van der Waals surface area (Å²) in [5.41, 5.74) is 1.53. The molecular weight excluding hydrogens is 196 g/mol. The summed E-state index contributed by atoms with van der Waals surface area (Å²) >= 11 is 0. The number of nitrogens with zero attached hydrogens (tertiary/aromatic N) is 1. The number of para-hydroxylation sites is 1. The molecule has 0 aromatic heterocycles. The van der Waals surface area contributed by atoms with E-state index < -0.39 is 0 Å². The first-order valence-electron chi connectivity index (χ1n) is 5.91. The zero-order valence-corrected chi connectivity index (χ0v) is 11.1. The van der Waals surface area contributed by atoms with Crippen LogP contribution in [0.15, 0.2) is 30.3 Å². The Morgan fingerprint density at radius 1 is 1.25 bits per heavy atom. The van der Waals surface area contributed by atoms with Crippen LogP contribution in [0, 0.1) is 5.41 Å². The lowest BCUT2D eigenvalue weighted by Gasteiger charge is -2.36. The van der Waals surface area contributed by atoms with Crippen molar-refractivity contribution in [1.29, 1.82) is 0 Å². The predicted octanol–water partition coefficient (Wildman–Crippen LogP) is 2.76. The van der Waals surface area contributed by atoms with Crippen LogP contribution in [0.25, 0.3) is 0 Å². The van der Waals surface area contributed by atoms with Crippen molar-refractivity contribution in [3.05, 3.63) is 30.3 Å². The van der Waals surface area contributed by atoms with Gasteiger partial charge in [0.1, 0.15) is 0 Å². The van der Waals surface area contributed by atoms with Crippen molar-refractivity contribution < 1.29 is 0 Å². The standard InChI is InChI=1S/C14H24N2/c1-12(15-4)14(2,3)11-16(5)13-9-7-6-8-10-13/h6-10,12,15H,11H2,1-5H3. The zero-order valence-electron chi connectivity index (χ0n) is 11.1. The van der Waals surface area contributed by atoms with Crippen molar-refractivity contribution in [2.24, 2.45) is 5.41 Å². The number of nitrogens with one attached hydrogen (secondary N) is 1. The van der Waals surface area contributed by atoms with Gasteiger partial charge in [-0.3, -0.25) is 0 Å². The molecule has 0 bridgehead atoms. The Balaban J connectivity index is 2.67. The molecule has 1 atom stereocenters. The molecule has 0 heterocycles. The van der Waals surface area contributed by atoms with Gasteiger partial charge in [-0.25, -0.2) is 0 Å². The molecule has 0 saturated carbocycles. The highest BCUT2D eigenvalue weighted by molar-refractivity contribution is 5.45. The largest absolute Gasteiger partial charge is 0.374 e. The van der Waals surface area contributed by atoms with Crippen LogP contribution in [0.5, 0.6) is 0 Å². The van der Waals surface area contributed by atoms with Gasteiger partial charge in [-0.05, 0) is 31.5 Å². The van der Waals surface area contributed by atoms with Crippen LogP contribution >= 0.6 is 0 Å².